The molecule has 0 heterocycles. The minimum absolute atomic E-state index is 0.0988. The van der Waals surface area contributed by atoms with Gasteiger partial charge in [-0.25, -0.2) is 4.89 Å². The predicted molar refractivity (Wildman–Crippen MR) is 39.2 cm³/mol. The number of carbonyl (C=O) groups is 1. The molecular formula is C5H8Cl2O4. The van der Waals surface area contributed by atoms with Crippen LogP contribution in [-0.4, -0.2) is 24.2 Å². The van der Waals surface area contributed by atoms with Gasteiger partial charge in [-0.15, -0.1) is 11.6 Å². The molecule has 0 saturated heterocycles. The number of esters is 1. The molecule has 0 saturated carbocycles. The Labute approximate surface area is 74.2 Å². The summed E-state index contributed by atoms with van der Waals surface area (Å²) in [7, 11) is 0. The van der Waals surface area contributed by atoms with Gasteiger partial charge in [-0.1, -0.05) is 11.6 Å². The van der Waals surface area contributed by atoms with Crippen LogP contribution in [0.3, 0.4) is 0 Å². The maximum Gasteiger partial charge on any atom is 0.304 e. The second kappa shape index (κ2) is 6.67. The Morgan fingerprint density at radius 2 is 2.27 bits per heavy atom. The number of halogens is 2. The maximum absolute atomic E-state index is 10.1. The minimum Gasteiger partial charge on any atom is -0.436 e. The molecule has 0 radical (unpaired) electrons. The highest BCUT2D eigenvalue weighted by molar-refractivity contribution is 6.27. The largest absolute Gasteiger partial charge is 0.436 e. The summed E-state index contributed by atoms with van der Waals surface area (Å²) in [6, 6.07) is 0. The fourth-order valence-corrected chi connectivity index (χ4v) is 0.337. The summed E-state index contributed by atoms with van der Waals surface area (Å²) >= 11 is 10.6. The van der Waals surface area contributed by atoms with Crippen molar-refractivity contribution in [3.05, 3.63) is 0 Å². The molecule has 0 N–H and O–H groups in total. The molecule has 0 spiro atoms. The van der Waals surface area contributed by atoms with E-state index in [0.29, 0.717) is 0 Å². The molecule has 66 valence electrons. The molecule has 0 fully saturated rings. The highest BCUT2D eigenvalue weighted by Crippen LogP contribution is 2.00. The van der Waals surface area contributed by atoms with E-state index in [2.05, 4.69) is 14.5 Å². The number of rotatable bonds is 5. The van der Waals surface area contributed by atoms with Gasteiger partial charge >= 0.3 is 5.97 Å². The quantitative estimate of drug-likeness (QED) is 0.168. The molecule has 4 nitrogen and oxygen atoms in total. The fraction of sp³-hybridized carbons (Fsp3) is 0.800. The number of hydrogen-bond donors (Lipinski definition) is 0. The zero-order valence-corrected chi connectivity index (χ0v) is 7.39. The van der Waals surface area contributed by atoms with Gasteiger partial charge in [0.1, 0.15) is 0 Å². The molecule has 0 aromatic rings. The molecule has 0 rings (SSSR count). The van der Waals surface area contributed by atoms with Gasteiger partial charge < -0.3 is 4.74 Å². The van der Waals surface area contributed by atoms with Crippen LogP contribution < -0.4 is 0 Å². The molecule has 0 aromatic carbocycles. The average molecular weight is 203 g/mol. The van der Waals surface area contributed by atoms with E-state index in [1.165, 1.54) is 6.92 Å². The Bertz CT molecular complexity index is 119. The van der Waals surface area contributed by atoms with E-state index >= 15 is 0 Å². The van der Waals surface area contributed by atoms with Gasteiger partial charge in [0.05, 0.1) is 5.88 Å². The van der Waals surface area contributed by atoms with Crippen molar-refractivity contribution in [2.45, 2.75) is 12.5 Å². The Hall–Kier alpha value is -0.0300. The number of hydrogen-bond acceptors (Lipinski definition) is 4. The van der Waals surface area contributed by atoms with Crippen LogP contribution in [0.2, 0.25) is 0 Å². The van der Waals surface area contributed by atoms with Crippen molar-refractivity contribution in [3.8, 4) is 0 Å². The smallest absolute Gasteiger partial charge is 0.304 e. The standard InChI is InChI=1S/C5H8Cl2O4/c1-4(8)9-3-10-11-5(7)2-6/h5H,2-3H2,1H3. The monoisotopic (exact) mass is 202 g/mol. The molecule has 6 heteroatoms. The molecule has 0 aliphatic carbocycles. The van der Waals surface area contributed by atoms with Crippen LogP contribution in [0, 0.1) is 0 Å². The van der Waals surface area contributed by atoms with Crippen molar-refractivity contribution in [1.82, 2.24) is 0 Å². The minimum atomic E-state index is -0.729. The van der Waals surface area contributed by atoms with Gasteiger partial charge in [-0.3, -0.25) is 4.79 Å². The van der Waals surface area contributed by atoms with Crippen LogP contribution in [-0.2, 0) is 19.3 Å². The number of carbonyl (C=O) groups excluding carboxylic acids is 1. The van der Waals surface area contributed by atoms with Crippen LogP contribution in [0.4, 0.5) is 0 Å². The first kappa shape index (κ1) is 11.0. The van der Waals surface area contributed by atoms with Crippen molar-refractivity contribution in [2.75, 3.05) is 12.7 Å². The van der Waals surface area contributed by atoms with Gasteiger partial charge in [0, 0.05) is 6.92 Å². The first-order valence-electron chi connectivity index (χ1n) is 2.78. The van der Waals surface area contributed by atoms with Gasteiger partial charge in [0.25, 0.3) is 0 Å². The third kappa shape index (κ3) is 7.87. The lowest BCUT2D eigenvalue weighted by Gasteiger charge is -2.05. The highest BCUT2D eigenvalue weighted by Gasteiger charge is 2.02. The summed E-state index contributed by atoms with van der Waals surface area (Å²) in [5.74, 6) is -0.354. The predicted octanol–water partition coefficient (Wildman–Crippen LogP) is 1.26. The lowest BCUT2D eigenvalue weighted by molar-refractivity contribution is -0.336. The molecule has 0 aromatic heterocycles. The molecule has 0 bridgehead atoms. The van der Waals surface area contributed by atoms with Crippen molar-refractivity contribution in [2.24, 2.45) is 0 Å². The third-order valence-corrected chi connectivity index (χ3v) is 1.27. The zero-order chi connectivity index (χ0) is 8.69. The number of ether oxygens (including phenoxy) is 1. The summed E-state index contributed by atoms with van der Waals surface area (Å²) in [6.45, 7) is 0.971. The fourth-order valence-electron chi connectivity index (χ4n) is 0.234. The maximum atomic E-state index is 10.1. The first-order chi connectivity index (χ1) is 5.16. The van der Waals surface area contributed by atoms with Crippen LogP contribution in [0.1, 0.15) is 6.92 Å². The average Bonchev–Trinajstić information content (AvgIpc) is 1.97. The van der Waals surface area contributed by atoms with E-state index in [9.17, 15) is 4.79 Å². The number of alkyl halides is 2. The Morgan fingerprint density at radius 1 is 1.64 bits per heavy atom. The van der Waals surface area contributed by atoms with E-state index in [4.69, 9.17) is 23.2 Å². The Morgan fingerprint density at radius 3 is 2.73 bits per heavy atom. The van der Waals surface area contributed by atoms with Crippen LogP contribution in [0.5, 0.6) is 0 Å². The lowest BCUT2D eigenvalue weighted by Crippen LogP contribution is -2.11. The first-order valence-corrected chi connectivity index (χ1v) is 3.75. The van der Waals surface area contributed by atoms with Crippen molar-refractivity contribution < 1.29 is 19.3 Å². The summed E-state index contributed by atoms with van der Waals surface area (Å²) in [6.07, 6.45) is 0. The second-order valence-electron chi connectivity index (χ2n) is 1.53. The van der Waals surface area contributed by atoms with Crippen molar-refractivity contribution >= 4 is 29.2 Å². The van der Waals surface area contributed by atoms with Crippen LogP contribution in [0.25, 0.3) is 0 Å². The van der Waals surface area contributed by atoms with E-state index in [-0.39, 0.29) is 12.7 Å². The van der Waals surface area contributed by atoms with E-state index in [0.717, 1.165) is 0 Å². The van der Waals surface area contributed by atoms with E-state index in [1.54, 1.807) is 0 Å². The van der Waals surface area contributed by atoms with Gasteiger partial charge in [-0.05, 0) is 0 Å². The second-order valence-corrected chi connectivity index (χ2v) is 2.33. The van der Waals surface area contributed by atoms with Crippen LogP contribution in [0.15, 0.2) is 0 Å². The SMILES string of the molecule is CC(=O)OCOOC(Cl)CCl. The Kier molecular flexibility index (Phi) is 6.65. The van der Waals surface area contributed by atoms with Crippen molar-refractivity contribution in [1.29, 1.82) is 0 Å². The lowest BCUT2D eigenvalue weighted by atomic mass is 10.8. The normalized spacial score (nSPS) is 12.6. The highest BCUT2D eigenvalue weighted by atomic mass is 35.5. The van der Waals surface area contributed by atoms with E-state index < -0.39 is 11.5 Å². The summed E-state index contributed by atoms with van der Waals surface area (Å²) in [5.41, 5.74) is -0.729. The summed E-state index contributed by atoms with van der Waals surface area (Å²) in [4.78, 5) is 18.9. The Balaban J connectivity index is 3.08. The molecular weight excluding hydrogens is 195 g/mol. The van der Waals surface area contributed by atoms with Gasteiger partial charge in [0.2, 0.25) is 6.79 Å². The summed E-state index contributed by atoms with van der Waals surface area (Å²) < 4.78 is 4.35. The third-order valence-electron chi connectivity index (χ3n) is 0.604. The zero-order valence-electron chi connectivity index (χ0n) is 5.88. The molecule has 1 unspecified atom stereocenters. The van der Waals surface area contributed by atoms with Crippen LogP contribution >= 0.6 is 23.2 Å². The van der Waals surface area contributed by atoms with E-state index in [1.807, 2.05) is 0 Å². The molecule has 11 heavy (non-hydrogen) atoms. The van der Waals surface area contributed by atoms with Gasteiger partial charge in [-0.2, -0.15) is 4.89 Å². The molecule has 1 atom stereocenters. The summed E-state index contributed by atoms with van der Waals surface area (Å²) in [5, 5.41) is 0. The molecule has 0 aliphatic rings. The van der Waals surface area contributed by atoms with Gasteiger partial charge in [0.15, 0.2) is 5.56 Å². The topological polar surface area (TPSA) is 44.8 Å². The molecule has 0 amide bonds. The van der Waals surface area contributed by atoms with Crippen molar-refractivity contribution in [3.63, 3.8) is 0 Å². The molecule has 0 aliphatic heterocycles.